The van der Waals surface area contributed by atoms with Gasteiger partial charge in [-0.3, -0.25) is 4.79 Å². The molecule has 0 atom stereocenters. The van der Waals surface area contributed by atoms with Gasteiger partial charge in [-0.1, -0.05) is 29.3 Å². The summed E-state index contributed by atoms with van der Waals surface area (Å²) < 4.78 is 0. The van der Waals surface area contributed by atoms with Crippen LogP contribution in [0.3, 0.4) is 0 Å². The first-order valence-corrected chi connectivity index (χ1v) is 6.36. The average molecular weight is 295 g/mol. The second kappa shape index (κ2) is 5.51. The van der Waals surface area contributed by atoms with E-state index in [0.29, 0.717) is 27.0 Å². The van der Waals surface area contributed by atoms with Crippen LogP contribution in [0.1, 0.15) is 15.9 Å². The van der Waals surface area contributed by atoms with Crippen LogP contribution < -0.4 is 11.1 Å². The third kappa shape index (κ3) is 3.00. The zero-order valence-electron chi connectivity index (χ0n) is 10.2. The first-order valence-electron chi connectivity index (χ1n) is 5.60. The molecule has 0 unspecified atom stereocenters. The highest BCUT2D eigenvalue weighted by Crippen LogP contribution is 2.24. The van der Waals surface area contributed by atoms with Gasteiger partial charge in [0.15, 0.2) is 0 Å². The van der Waals surface area contributed by atoms with E-state index in [0.717, 1.165) is 5.56 Å². The quantitative estimate of drug-likeness (QED) is 0.818. The molecule has 1 amide bonds. The van der Waals surface area contributed by atoms with E-state index in [1.807, 2.05) is 6.92 Å². The monoisotopic (exact) mass is 294 g/mol. The number of anilines is 2. The van der Waals surface area contributed by atoms with E-state index in [1.165, 1.54) is 6.07 Å². The van der Waals surface area contributed by atoms with Crippen LogP contribution in [0.25, 0.3) is 0 Å². The van der Waals surface area contributed by atoms with Crippen molar-refractivity contribution >= 4 is 40.5 Å². The zero-order valence-corrected chi connectivity index (χ0v) is 11.7. The fourth-order valence-corrected chi connectivity index (χ4v) is 2.03. The lowest BCUT2D eigenvalue weighted by atomic mass is 10.1. The molecule has 2 rings (SSSR count). The molecule has 98 valence electrons. The molecule has 0 bridgehead atoms. The Kier molecular flexibility index (Phi) is 3.98. The van der Waals surface area contributed by atoms with Gasteiger partial charge in [0, 0.05) is 16.4 Å². The van der Waals surface area contributed by atoms with Crippen molar-refractivity contribution in [2.24, 2.45) is 0 Å². The van der Waals surface area contributed by atoms with Crippen LogP contribution in [0, 0.1) is 6.92 Å². The largest absolute Gasteiger partial charge is 0.398 e. The van der Waals surface area contributed by atoms with Crippen molar-refractivity contribution in [3.63, 3.8) is 0 Å². The summed E-state index contributed by atoms with van der Waals surface area (Å²) in [5.41, 5.74) is 8.21. The molecular formula is C14H12Cl2N2O. The molecule has 3 nitrogen and oxygen atoms in total. The number of hydrogen-bond acceptors (Lipinski definition) is 2. The minimum absolute atomic E-state index is 0.318. The van der Waals surface area contributed by atoms with Crippen molar-refractivity contribution in [2.75, 3.05) is 11.1 Å². The summed E-state index contributed by atoms with van der Waals surface area (Å²) in [6.07, 6.45) is 0. The van der Waals surface area contributed by atoms with Crippen LogP contribution in [0.4, 0.5) is 11.4 Å². The first-order chi connectivity index (χ1) is 8.99. The Bertz CT molecular complexity index is 641. The standard InChI is InChI=1S/C14H12Cl2N2O/c1-8-12(17)3-2-4-13(8)18-14(19)10-7-9(15)5-6-11(10)16/h2-7H,17H2,1H3,(H,18,19). The lowest BCUT2D eigenvalue weighted by Gasteiger charge is -2.11. The van der Waals surface area contributed by atoms with Crippen molar-refractivity contribution in [3.05, 3.63) is 57.6 Å². The Morgan fingerprint density at radius 2 is 1.95 bits per heavy atom. The normalized spacial score (nSPS) is 10.3. The number of nitrogens with one attached hydrogen (secondary N) is 1. The van der Waals surface area contributed by atoms with Crippen LogP contribution in [0.5, 0.6) is 0 Å². The van der Waals surface area contributed by atoms with Gasteiger partial charge in [-0.2, -0.15) is 0 Å². The summed E-state index contributed by atoms with van der Waals surface area (Å²) in [6, 6.07) is 10.1. The number of nitrogens with two attached hydrogens (primary N) is 1. The van der Waals surface area contributed by atoms with Gasteiger partial charge in [0.2, 0.25) is 0 Å². The Balaban J connectivity index is 2.31. The molecule has 3 N–H and O–H groups in total. The maximum absolute atomic E-state index is 12.2. The van der Waals surface area contributed by atoms with Crippen LogP contribution in [0.15, 0.2) is 36.4 Å². The van der Waals surface area contributed by atoms with E-state index in [-0.39, 0.29) is 5.91 Å². The van der Waals surface area contributed by atoms with Crippen molar-refractivity contribution in [3.8, 4) is 0 Å². The lowest BCUT2D eigenvalue weighted by molar-refractivity contribution is 0.102. The summed E-state index contributed by atoms with van der Waals surface area (Å²) in [5, 5.41) is 3.58. The molecule has 0 aromatic heterocycles. The SMILES string of the molecule is Cc1c(N)cccc1NC(=O)c1cc(Cl)ccc1Cl. The predicted octanol–water partition coefficient (Wildman–Crippen LogP) is 4.14. The fourth-order valence-electron chi connectivity index (χ4n) is 1.65. The van der Waals surface area contributed by atoms with E-state index < -0.39 is 0 Å². The van der Waals surface area contributed by atoms with Crippen LogP contribution >= 0.6 is 23.2 Å². The molecule has 19 heavy (non-hydrogen) atoms. The molecule has 0 aliphatic carbocycles. The summed E-state index contributed by atoms with van der Waals surface area (Å²) in [6.45, 7) is 1.84. The molecule has 0 spiro atoms. The van der Waals surface area contributed by atoms with E-state index in [9.17, 15) is 4.79 Å². The summed E-state index contributed by atoms with van der Waals surface area (Å²) in [4.78, 5) is 12.2. The number of halogens is 2. The Labute approximate surface area is 121 Å². The molecule has 0 saturated carbocycles. The number of carbonyl (C=O) groups is 1. The number of amides is 1. The molecular weight excluding hydrogens is 283 g/mol. The third-order valence-electron chi connectivity index (χ3n) is 2.80. The van der Waals surface area contributed by atoms with Gasteiger partial charge in [-0.05, 0) is 42.8 Å². The Morgan fingerprint density at radius 1 is 1.21 bits per heavy atom. The molecule has 0 heterocycles. The molecule has 2 aromatic carbocycles. The highest BCUT2D eigenvalue weighted by atomic mass is 35.5. The van der Waals surface area contributed by atoms with E-state index in [1.54, 1.807) is 30.3 Å². The van der Waals surface area contributed by atoms with Gasteiger partial charge in [-0.25, -0.2) is 0 Å². The minimum Gasteiger partial charge on any atom is -0.398 e. The fraction of sp³-hybridized carbons (Fsp3) is 0.0714. The van der Waals surface area contributed by atoms with Crippen molar-refractivity contribution < 1.29 is 4.79 Å². The third-order valence-corrected chi connectivity index (χ3v) is 3.36. The van der Waals surface area contributed by atoms with Crippen LogP contribution in [0.2, 0.25) is 10.0 Å². The van der Waals surface area contributed by atoms with Crippen molar-refractivity contribution in [1.82, 2.24) is 0 Å². The zero-order chi connectivity index (χ0) is 14.0. The molecule has 5 heteroatoms. The first kappa shape index (κ1) is 13.7. The Hall–Kier alpha value is -1.71. The number of rotatable bonds is 2. The lowest BCUT2D eigenvalue weighted by Crippen LogP contribution is -2.13. The number of nitrogen functional groups attached to an aromatic ring is 1. The highest BCUT2D eigenvalue weighted by Gasteiger charge is 2.12. The summed E-state index contributed by atoms with van der Waals surface area (Å²) in [5.74, 6) is -0.318. The number of carbonyl (C=O) groups excluding carboxylic acids is 1. The topological polar surface area (TPSA) is 55.1 Å². The average Bonchev–Trinajstić information content (AvgIpc) is 2.38. The van der Waals surface area contributed by atoms with Gasteiger partial charge in [-0.15, -0.1) is 0 Å². The van der Waals surface area contributed by atoms with Crippen LogP contribution in [-0.2, 0) is 0 Å². The van der Waals surface area contributed by atoms with Gasteiger partial charge in [0.25, 0.3) is 5.91 Å². The predicted molar refractivity (Wildman–Crippen MR) is 80.0 cm³/mol. The summed E-state index contributed by atoms with van der Waals surface area (Å²) >= 11 is 11.8. The number of benzene rings is 2. The van der Waals surface area contributed by atoms with E-state index in [2.05, 4.69) is 5.32 Å². The molecule has 0 fully saturated rings. The molecule has 0 aliphatic rings. The minimum atomic E-state index is -0.318. The van der Waals surface area contributed by atoms with Crippen molar-refractivity contribution in [2.45, 2.75) is 6.92 Å². The Morgan fingerprint density at radius 3 is 2.68 bits per heavy atom. The van der Waals surface area contributed by atoms with Gasteiger partial charge >= 0.3 is 0 Å². The molecule has 0 aliphatic heterocycles. The van der Waals surface area contributed by atoms with Gasteiger partial charge < -0.3 is 11.1 Å². The van der Waals surface area contributed by atoms with Crippen molar-refractivity contribution in [1.29, 1.82) is 0 Å². The number of hydrogen-bond donors (Lipinski definition) is 2. The van der Waals surface area contributed by atoms with E-state index in [4.69, 9.17) is 28.9 Å². The smallest absolute Gasteiger partial charge is 0.257 e. The summed E-state index contributed by atoms with van der Waals surface area (Å²) in [7, 11) is 0. The highest BCUT2D eigenvalue weighted by molar-refractivity contribution is 6.36. The maximum atomic E-state index is 12.2. The van der Waals surface area contributed by atoms with Gasteiger partial charge in [0.05, 0.1) is 10.6 Å². The maximum Gasteiger partial charge on any atom is 0.257 e. The second-order valence-corrected chi connectivity index (χ2v) is 4.94. The second-order valence-electron chi connectivity index (χ2n) is 4.10. The molecule has 0 saturated heterocycles. The van der Waals surface area contributed by atoms with Gasteiger partial charge in [0.1, 0.15) is 0 Å². The van der Waals surface area contributed by atoms with E-state index >= 15 is 0 Å². The molecule has 0 radical (unpaired) electrons. The van der Waals surface area contributed by atoms with Crippen LogP contribution in [-0.4, -0.2) is 5.91 Å². The molecule has 2 aromatic rings.